The van der Waals surface area contributed by atoms with E-state index in [1.54, 1.807) is 0 Å². The summed E-state index contributed by atoms with van der Waals surface area (Å²) in [5.74, 6) is 0.174. The van der Waals surface area contributed by atoms with E-state index in [1.807, 2.05) is 4.90 Å². The number of hydrogen-bond acceptors (Lipinski definition) is 3. The molecule has 0 aliphatic carbocycles. The summed E-state index contributed by atoms with van der Waals surface area (Å²) in [6.07, 6.45) is 9.55. The smallest absolute Gasteiger partial charge is 0.242 e. The first-order chi connectivity index (χ1) is 10.7. The number of likely N-dealkylation sites (tertiary alicyclic amines) is 1. The molecule has 1 rings (SSSR count). The summed E-state index contributed by atoms with van der Waals surface area (Å²) in [4.78, 5) is 26.5. The van der Waals surface area contributed by atoms with E-state index in [9.17, 15) is 9.59 Å². The Labute approximate surface area is 135 Å². The summed E-state index contributed by atoms with van der Waals surface area (Å²) < 4.78 is 0. The molecule has 3 N–H and O–H groups in total. The van der Waals surface area contributed by atoms with E-state index in [0.717, 1.165) is 64.3 Å². The average Bonchev–Trinajstić information content (AvgIpc) is 2.54. The minimum absolute atomic E-state index is 0.0243. The van der Waals surface area contributed by atoms with Crippen molar-refractivity contribution in [1.82, 2.24) is 10.2 Å². The molecule has 1 fully saturated rings. The van der Waals surface area contributed by atoms with Gasteiger partial charge in [0.2, 0.25) is 11.8 Å². The van der Waals surface area contributed by atoms with Crippen LogP contribution in [0.1, 0.15) is 71.1 Å². The van der Waals surface area contributed by atoms with Crippen LogP contribution in [0, 0.1) is 0 Å². The Balaban J connectivity index is 2.39. The highest BCUT2D eigenvalue weighted by molar-refractivity contribution is 5.87. The molecular weight excluding hydrogens is 278 g/mol. The van der Waals surface area contributed by atoms with Gasteiger partial charge in [0.1, 0.15) is 6.04 Å². The molecule has 1 aliphatic rings. The van der Waals surface area contributed by atoms with Gasteiger partial charge in [0.25, 0.3) is 0 Å². The fourth-order valence-corrected chi connectivity index (χ4v) is 2.95. The van der Waals surface area contributed by atoms with Crippen LogP contribution in [0.5, 0.6) is 0 Å². The number of nitrogens with one attached hydrogen (secondary N) is 1. The van der Waals surface area contributed by atoms with E-state index in [0.29, 0.717) is 19.5 Å². The van der Waals surface area contributed by atoms with Gasteiger partial charge in [-0.3, -0.25) is 9.59 Å². The predicted octanol–water partition coefficient (Wildman–Crippen LogP) is 2.19. The van der Waals surface area contributed by atoms with Crippen LogP contribution in [-0.4, -0.2) is 42.4 Å². The lowest BCUT2D eigenvalue weighted by molar-refractivity contribution is -0.142. The van der Waals surface area contributed by atoms with Crippen molar-refractivity contribution in [3.8, 4) is 0 Å². The number of hydrogen-bond donors (Lipinski definition) is 2. The molecule has 1 heterocycles. The van der Waals surface area contributed by atoms with Crippen molar-refractivity contribution in [2.24, 2.45) is 5.73 Å². The van der Waals surface area contributed by atoms with E-state index in [1.165, 1.54) is 0 Å². The molecule has 0 unspecified atom stereocenters. The van der Waals surface area contributed by atoms with Crippen molar-refractivity contribution < 1.29 is 9.59 Å². The maximum atomic E-state index is 12.3. The zero-order valence-corrected chi connectivity index (χ0v) is 14.1. The molecule has 0 bridgehead atoms. The first kappa shape index (κ1) is 18.9. The molecule has 0 radical (unpaired) electrons. The Morgan fingerprint density at radius 2 is 1.95 bits per heavy atom. The number of nitrogens with two attached hydrogens (primary N) is 1. The predicted molar refractivity (Wildman–Crippen MR) is 89.4 cm³/mol. The largest absolute Gasteiger partial charge is 0.354 e. The lowest BCUT2D eigenvalue weighted by Gasteiger charge is -2.35. The Morgan fingerprint density at radius 1 is 1.14 bits per heavy atom. The van der Waals surface area contributed by atoms with Crippen LogP contribution in [0.2, 0.25) is 0 Å². The molecule has 0 aromatic rings. The fourth-order valence-electron chi connectivity index (χ4n) is 2.95. The van der Waals surface area contributed by atoms with Crippen molar-refractivity contribution in [3.05, 3.63) is 0 Å². The standard InChI is InChI=1S/C17H33N3O2/c1-2-3-5-11-16(21)20-14-9-6-10-15(20)17(22)19-13-8-4-7-12-18/h15H,2-14,18H2,1H3,(H,19,22)/t15-/m1/s1. The van der Waals surface area contributed by atoms with Gasteiger partial charge in [0.05, 0.1) is 0 Å². The monoisotopic (exact) mass is 311 g/mol. The molecule has 5 nitrogen and oxygen atoms in total. The Kier molecular flexibility index (Phi) is 9.87. The third kappa shape index (κ3) is 6.77. The SMILES string of the molecule is CCCCCC(=O)N1CCCC[C@@H]1C(=O)NCCCCCN. The zero-order valence-electron chi connectivity index (χ0n) is 14.1. The number of nitrogens with zero attached hydrogens (tertiary/aromatic N) is 1. The molecule has 0 aromatic carbocycles. The first-order valence-corrected chi connectivity index (χ1v) is 8.98. The molecular formula is C17H33N3O2. The van der Waals surface area contributed by atoms with Gasteiger partial charge in [0.15, 0.2) is 0 Å². The third-order valence-corrected chi connectivity index (χ3v) is 4.30. The lowest BCUT2D eigenvalue weighted by Crippen LogP contribution is -2.52. The summed E-state index contributed by atoms with van der Waals surface area (Å²) in [5, 5.41) is 2.99. The quantitative estimate of drug-likeness (QED) is 0.607. The second-order valence-electron chi connectivity index (χ2n) is 6.20. The normalized spacial score (nSPS) is 18.3. The van der Waals surface area contributed by atoms with E-state index in [4.69, 9.17) is 5.73 Å². The number of unbranched alkanes of at least 4 members (excludes halogenated alkanes) is 4. The van der Waals surface area contributed by atoms with Gasteiger partial charge in [-0.25, -0.2) is 0 Å². The van der Waals surface area contributed by atoms with Crippen LogP contribution in [0.25, 0.3) is 0 Å². The van der Waals surface area contributed by atoms with E-state index < -0.39 is 0 Å². The fraction of sp³-hybridized carbons (Fsp3) is 0.882. The van der Waals surface area contributed by atoms with Crippen LogP contribution >= 0.6 is 0 Å². The van der Waals surface area contributed by atoms with Crippen LogP contribution in [0.15, 0.2) is 0 Å². The molecule has 22 heavy (non-hydrogen) atoms. The molecule has 0 saturated carbocycles. The molecule has 0 spiro atoms. The summed E-state index contributed by atoms with van der Waals surface area (Å²) >= 11 is 0. The second kappa shape index (κ2) is 11.5. The number of carbonyl (C=O) groups is 2. The Morgan fingerprint density at radius 3 is 2.68 bits per heavy atom. The van der Waals surface area contributed by atoms with Crippen molar-refractivity contribution in [2.75, 3.05) is 19.6 Å². The average molecular weight is 311 g/mol. The van der Waals surface area contributed by atoms with Gasteiger partial charge >= 0.3 is 0 Å². The number of amides is 2. The maximum Gasteiger partial charge on any atom is 0.242 e. The van der Waals surface area contributed by atoms with Gasteiger partial charge in [-0.15, -0.1) is 0 Å². The first-order valence-electron chi connectivity index (χ1n) is 8.98. The molecule has 128 valence electrons. The van der Waals surface area contributed by atoms with Crippen molar-refractivity contribution in [1.29, 1.82) is 0 Å². The van der Waals surface area contributed by atoms with E-state index in [2.05, 4.69) is 12.2 Å². The summed E-state index contributed by atoms with van der Waals surface area (Å²) in [5.41, 5.74) is 5.46. The highest BCUT2D eigenvalue weighted by Crippen LogP contribution is 2.19. The van der Waals surface area contributed by atoms with Gasteiger partial charge in [-0.1, -0.05) is 26.2 Å². The Hall–Kier alpha value is -1.10. The Bertz CT molecular complexity index is 334. The summed E-state index contributed by atoms with van der Waals surface area (Å²) in [6, 6.07) is -0.252. The highest BCUT2D eigenvalue weighted by Gasteiger charge is 2.31. The van der Waals surface area contributed by atoms with Gasteiger partial charge in [-0.2, -0.15) is 0 Å². The van der Waals surface area contributed by atoms with Crippen molar-refractivity contribution in [3.63, 3.8) is 0 Å². The summed E-state index contributed by atoms with van der Waals surface area (Å²) in [6.45, 7) is 4.26. The molecule has 0 aromatic heterocycles. The van der Waals surface area contributed by atoms with Gasteiger partial charge < -0.3 is 16.0 Å². The lowest BCUT2D eigenvalue weighted by atomic mass is 10.00. The molecule has 5 heteroatoms. The molecule has 1 aliphatic heterocycles. The van der Waals surface area contributed by atoms with Crippen LogP contribution in [0.3, 0.4) is 0 Å². The number of piperidine rings is 1. The van der Waals surface area contributed by atoms with Crippen LogP contribution < -0.4 is 11.1 Å². The molecule has 2 amide bonds. The van der Waals surface area contributed by atoms with Gasteiger partial charge in [0, 0.05) is 19.5 Å². The van der Waals surface area contributed by atoms with Crippen LogP contribution in [0.4, 0.5) is 0 Å². The summed E-state index contributed by atoms with van der Waals surface area (Å²) in [7, 11) is 0. The minimum atomic E-state index is -0.252. The minimum Gasteiger partial charge on any atom is -0.354 e. The van der Waals surface area contributed by atoms with Crippen molar-refractivity contribution >= 4 is 11.8 Å². The zero-order chi connectivity index (χ0) is 16.2. The van der Waals surface area contributed by atoms with Crippen molar-refractivity contribution in [2.45, 2.75) is 77.2 Å². The maximum absolute atomic E-state index is 12.3. The van der Waals surface area contributed by atoms with Gasteiger partial charge in [-0.05, 0) is 45.1 Å². The highest BCUT2D eigenvalue weighted by atomic mass is 16.2. The topological polar surface area (TPSA) is 75.4 Å². The second-order valence-corrected chi connectivity index (χ2v) is 6.20. The molecule has 1 atom stereocenters. The molecule has 1 saturated heterocycles. The van der Waals surface area contributed by atoms with E-state index >= 15 is 0 Å². The number of rotatable bonds is 10. The number of carbonyl (C=O) groups excluding carboxylic acids is 2. The van der Waals surface area contributed by atoms with E-state index in [-0.39, 0.29) is 17.9 Å². The third-order valence-electron chi connectivity index (χ3n) is 4.30. The van der Waals surface area contributed by atoms with Crippen LogP contribution in [-0.2, 0) is 9.59 Å².